The molecule has 2 saturated carbocycles. The Hall–Kier alpha value is -3.14. The minimum atomic E-state index is -1.52. The first-order valence-corrected chi connectivity index (χ1v) is 14.6. The molecule has 1 aromatic carbocycles. The van der Waals surface area contributed by atoms with Crippen molar-refractivity contribution < 1.29 is 29.0 Å². The average molecular weight is 571 g/mol. The molecule has 10 heteroatoms. The van der Waals surface area contributed by atoms with Crippen LogP contribution in [0.3, 0.4) is 0 Å². The summed E-state index contributed by atoms with van der Waals surface area (Å²) in [6.45, 7) is 13.5. The van der Waals surface area contributed by atoms with Crippen LogP contribution in [0.15, 0.2) is 30.3 Å². The molecular formula is C31H46N4O6. The molecular weight excluding hydrogens is 524 g/mol. The zero-order valence-electron chi connectivity index (χ0n) is 25.3. The van der Waals surface area contributed by atoms with E-state index in [0.717, 1.165) is 18.4 Å². The van der Waals surface area contributed by atoms with E-state index in [1.54, 1.807) is 25.7 Å². The highest BCUT2D eigenvalue weighted by atomic mass is 16.6. The van der Waals surface area contributed by atoms with Crippen LogP contribution in [0.4, 0.5) is 4.79 Å². The molecule has 0 aromatic heterocycles. The predicted molar refractivity (Wildman–Crippen MR) is 153 cm³/mol. The Morgan fingerprint density at radius 3 is 2.22 bits per heavy atom. The standard InChI is InChI=1S/C31H46N4O6/c1-29(2,3)41-28(40)34-24(30(4,5)18-11-9-8-10-12-18)27(39)35-16-19-21(31(19,6)7)22(35)26(38)33-20(15-17-13-14-17)23(36)25(32)37/h8-12,17,19-24,36H,13-16H2,1-7H3,(H2,32,37)(H,33,38)(H,34,40)/t19-,20?,21-,22-,23?,24?/m0/s1. The first kappa shape index (κ1) is 30.8. The molecule has 1 saturated heterocycles. The largest absolute Gasteiger partial charge is 0.444 e. The number of piperidine rings is 1. The first-order chi connectivity index (χ1) is 18.9. The van der Waals surface area contributed by atoms with Gasteiger partial charge in [-0.05, 0) is 55.9 Å². The minimum Gasteiger partial charge on any atom is -0.444 e. The molecule has 0 bridgehead atoms. The smallest absolute Gasteiger partial charge is 0.408 e. The number of nitrogens with one attached hydrogen (secondary N) is 2. The Kier molecular flexibility index (Phi) is 8.21. The van der Waals surface area contributed by atoms with Crippen molar-refractivity contribution in [3.63, 3.8) is 0 Å². The molecule has 3 unspecified atom stereocenters. The van der Waals surface area contributed by atoms with Crippen molar-refractivity contribution in [3.8, 4) is 0 Å². The second-order valence-corrected chi connectivity index (χ2v) is 14.2. The van der Waals surface area contributed by atoms with Crippen molar-refractivity contribution in [2.75, 3.05) is 6.54 Å². The fourth-order valence-corrected chi connectivity index (χ4v) is 6.44. The number of hydrogen-bond donors (Lipinski definition) is 4. The van der Waals surface area contributed by atoms with Crippen LogP contribution < -0.4 is 16.4 Å². The number of carbonyl (C=O) groups excluding carboxylic acids is 4. The van der Waals surface area contributed by atoms with Crippen LogP contribution in [0.5, 0.6) is 0 Å². The maximum Gasteiger partial charge on any atom is 0.408 e. The number of likely N-dealkylation sites (tertiary alicyclic amines) is 1. The summed E-state index contributed by atoms with van der Waals surface area (Å²) in [5.41, 5.74) is 4.46. The molecule has 0 spiro atoms. The molecule has 3 fully saturated rings. The number of benzene rings is 1. The van der Waals surface area contributed by atoms with Crippen LogP contribution in [0.2, 0.25) is 0 Å². The highest BCUT2D eigenvalue weighted by Crippen LogP contribution is 2.65. The molecule has 3 aliphatic rings. The normalized spacial score (nSPS) is 25.4. The summed E-state index contributed by atoms with van der Waals surface area (Å²) in [4.78, 5) is 54.7. The number of ether oxygens (including phenoxy) is 1. The second kappa shape index (κ2) is 10.9. The Balaban J connectivity index is 1.64. The molecule has 1 heterocycles. The van der Waals surface area contributed by atoms with Gasteiger partial charge in [0.25, 0.3) is 0 Å². The lowest BCUT2D eigenvalue weighted by Crippen LogP contribution is -2.62. The lowest BCUT2D eigenvalue weighted by Gasteiger charge is -2.40. The van der Waals surface area contributed by atoms with Crippen LogP contribution in [0, 0.1) is 23.2 Å². The van der Waals surface area contributed by atoms with Gasteiger partial charge in [0.15, 0.2) is 6.10 Å². The number of hydrogen-bond acceptors (Lipinski definition) is 6. The molecule has 2 aliphatic carbocycles. The van der Waals surface area contributed by atoms with Crippen molar-refractivity contribution >= 4 is 23.8 Å². The van der Waals surface area contributed by atoms with Gasteiger partial charge in [0, 0.05) is 12.0 Å². The van der Waals surface area contributed by atoms with Gasteiger partial charge < -0.3 is 31.1 Å². The van der Waals surface area contributed by atoms with Crippen LogP contribution in [-0.2, 0) is 24.5 Å². The van der Waals surface area contributed by atoms with E-state index in [1.807, 2.05) is 44.2 Å². The summed E-state index contributed by atoms with van der Waals surface area (Å²) in [6.07, 6.45) is 0.135. The number of nitrogens with zero attached hydrogens (tertiary/aromatic N) is 1. The summed E-state index contributed by atoms with van der Waals surface area (Å²) in [5, 5.41) is 16.2. The van der Waals surface area contributed by atoms with Gasteiger partial charge in [-0.2, -0.15) is 0 Å². The summed E-state index contributed by atoms with van der Waals surface area (Å²) in [7, 11) is 0. The van der Waals surface area contributed by atoms with E-state index in [1.165, 1.54) is 0 Å². The van der Waals surface area contributed by atoms with Gasteiger partial charge in [0.1, 0.15) is 17.7 Å². The fourth-order valence-electron chi connectivity index (χ4n) is 6.44. The van der Waals surface area contributed by atoms with Crippen molar-refractivity contribution in [2.24, 2.45) is 28.9 Å². The van der Waals surface area contributed by atoms with Crippen molar-refractivity contribution in [3.05, 3.63) is 35.9 Å². The predicted octanol–water partition coefficient (Wildman–Crippen LogP) is 2.47. The molecule has 1 aromatic rings. The molecule has 226 valence electrons. The molecule has 5 N–H and O–H groups in total. The van der Waals surface area contributed by atoms with E-state index in [0.29, 0.717) is 18.9 Å². The van der Waals surface area contributed by atoms with E-state index in [9.17, 15) is 24.3 Å². The van der Waals surface area contributed by atoms with Gasteiger partial charge in [-0.1, -0.05) is 70.9 Å². The first-order valence-electron chi connectivity index (χ1n) is 14.6. The minimum absolute atomic E-state index is 0.0965. The number of alkyl carbamates (subject to hydrolysis) is 1. The van der Waals surface area contributed by atoms with E-state index in [2.05, 4.69) is 24.5 Å². The Bertz CT molecular complexity index is 1170. The zero-order valence-corrected chi connectivity index (χ0v) is 25.3. The number of primary amides is 1. The van der Waals surface area contributed by atoms with Crippen molar-refractivity contribution in [1.29, 1.82) is 0 Å². The van der Waals surface area contributed by atoms with Gasteiger partial charge in [-0.15, -0.1) is 0 Å². The number of amides is 4. The molecule has 10 nitrogen and oxygen atoms in total. The topological polar surface area (TPSA) is 151 Å². The van der Waals surface area contributed by atoms with Gasteiger partial charge >= 0.3 is 6.09 Å². The van der Waals surface area contributed by atoms with E-state index in [-0.39, 0.29) is 23.2 Å². The van der Waals surface area contributed by atoms with E-state index < -0.39 is 53.2 Å². The molecule has 4 amide bonds. The third kappa shape index (κ3) is 6.52. The van der Waals surface area contributed by atoms with Crippen LogP contribution >= 0.6 is 0 Å². The zero-order chi connectivity index (χ0) is 30.5. The highest BCUT2D eigenvalue weighted by Gasteiger charge is 2.70. The SMILES string of the molecule is CC(C)(C)OC(=O)NC(C(=O)N1C[C@H]2[C@@H]([C@H]1C(=O)NC(CC1CC1)C(O)C(N)=O)C2(C)C)C(C)(C)c1ccccc1. The van der Waals surface area contributed by atoms with Crippen molar-refractivity contribution in [2.45, 2.75) is 103 Å². The van der Waals surface area contributed by atoms with Crippen LogP contribution in [-0.4, -0.2) is 70.2 Å². The Labute approximate surface area is 242 Å². The molecule has 1 aliphatic heterocycles. The number of carbonyl (C=O) groups is 4. The summed E-state index contributed by atoms with van der Waals surface area (Å²) < 4.78 is 5.52. The number of nitrogens with two attached hydrogens (primary N) is 1. The quantitative estimate of drug-likeness (QED) is 0.339. The fraction of sp³-hybridized carbons (Fsp3) is 0.677. The van der Waals surface area contributed by atoms with E-state index in [4.69, 9.17) is 10.5 Å². The molecule has 4 rings (SSSR count). The third-order valence-electron chi connectivity index (χ3n) is 9.19. The molecule has 41 heavy (non-hydrogen) atoms. The van der Waals surface area contributed by atoms with Crippen LogP contribution in [0.1, 0.15) is 73.3 Å². The number of aliphatic hydroxyl groups is 1. The maximum atomic E-state index is 14.4. The third-order valence-corrected chi connectivity index (χ3v) is 9.19. The lowest BCUT2D eigenvalue weighted by molar-refractivity contribution is -0.144. The number of rotatable bonds is 10. The summed E-state index contributed by atoms with van der Waals surface area (Å²) in [6, 6.07) is 6.75. The highest BCUT2D eigenvalue weighted by molar-refractivity contribution is 5.94. The summed E-state index contributed by atoms with van der Waals surface area (Å²) >= 11 is 0. The Morgan fingerprint density at radius 1 is 1.07 bits per heavy atom. The molecule has 0 radical (unpaired) electrons. The number of fused-ring (bicyclic) bond motifs is 1. The van der Waals surface area contributed by atoms with Gasteiger partial charge in [-0.3, -0.25) is 14.4 Å². The van der Waals surface area contributed by atoms with Gasteiger partial charge in [0.05, 0.1) is 6.04 Å². The molecule has 6 atom stereocenters. The number of aliphatic hydroxyl groups excluding tert-OH is 1. The Morgan fingerprint density at radius 2 is 1.68 bits per heavy atom. The van der Waals surface area contributed by atoms with Crippen molar-refractivity contribution in [1.82, 2.24) is 15.5 Å². The van der Waals surface area contributed by atoms with Crippen LogP contribution in [0.25, 0.3) is 0 Å². The summed E-state index contributed by atoms with van der Waals surface area (Å²) in [5.74, 6) is -1.38. The van der Waals surface area contributed by atoms with Gasteiger partial charge in [-0.25, -0.2) is 4.79 Å². The maximum absolute atomic E-state index is 14.4. The van der Waals surface area contributed by atoms with E-state index >= 15 is 0 Å². The monoisotopic (exact) mass is 570 g/mol. The average Bonchev–Trinajstić information content (AvgIpc) is 3.72. The van der Waals surface area contributed by atoms with Gasteiger partial charge in [0.2, 0.25) is 17.7 Å². The second-order valence-electron chi connectivity index (χ2n) is 14.2. The lowest BCUT2D eigenvalue weighted by atomic mass is 9.77.